The Morgan fingerprint density at radius 2 is 1.52 bits per heavy atom. The number of hydrogen-bond acceptors (Lipinski definition) is 12. The van der Waals surface area contributed by atoms with Gasteiger partial charge in [0.2, 0.25) is 5.91 Å². The molecule has 1 aliphatic heterocycles. The monoisotopic (exact) mass is 829 g/mol. The lowest BCUT2D eigenvalue weighted by Crippen LogP contribution is -2.36. The summed E-state index contributed by atoms with van der Waals surface area (Å²) in [6, 6.07) is 9.48. The quantitative estimate of drug-likeness (QED) is 0.0831. The minimum Gasteiger partial charge on any atom is -0.460 e. The molecule has 19 heteroatoms. The van der Waals surface area contributed by atoms with E-state index in [-0.39, 0.29) is 48.9 Å². The standard InChI is InChI=1S/C17H19Cl2N3O3S2.C16H18N2O5S2/c1-11-7-12(18)8-14(19)16(11)27(24,25)21-17-20-10-13(26-17)9-15(23)22-5-3-2-4-6-22;1-3-5-11-6-8-12(9-7-11)25(21,22)18-16-17-10-13(24-16)14(19)15(20)23-4-2/h7-8,10H,2-6,9H2,1H3,(H,20,21);6-10H,3-5H2,1-2H3,(H,17,18). The van der Waals surface area contributed by atoms with Crippen LogP contribution in [-0.4, -0.2) is 69.1 Å². The molecule has 5 rings (SSSR count). The van der Waals surface area contributed by atoms with Crippen molar-refractivity contribution in [1.29, 1.82) is 0 Å². The van der Waals surface area contributed by atoms with E-state index in [0.717, 1.165) is 79.6 Å². The molecule has 2 aromatic carbocycles. The first kappa shape index (κ1) is 41.2. The van der Waals surface area contributed by atoms with Crippen LogP contribution in [-0.2, 0) is 47.2 Å². The molecule has 0 bridgehead atoms. The van der Waals surface area contributed by atoms with Crippen molar-refractivity contribution < 1.29 is 36.0 Å². The van der Waals surface area contributed by atoms with Crippen molar-refractivity contribution in [2.75, 3.05) is 29.1 Å². The van der Waals surface area contributed by atoms with Crippen molar-refractivity contribution in [2.45, 2.75) is 69.1 Å². The molecule has 0 aliphatic carbocycles. The molecule has 0 atom stereocenters. The first-order valence-corrected chi connectivity index (χ1v) is 21.5. The Hall–Kier alpha value is -3.61. The predicted octanol–water partition coefficient (Wildman–Crippen LogP) is 6.76. The first-order valence-electron chi connectivity index (χ1n) is 16.1. The number of Topliss-reactive ketones (excluding diaryl/α,β-unsaturated/α-hetero) is 1. The van der Waals surface area contributed by atoms with Crippen molar-refractivity contribution in [1.82, 2.24) is 14.9 Å². The van der Waals surface area contributed by atoms with Crippen LogP contribution in [0.5, 0.6) is 0 Å². The Morgan fingerprint density at radius 3 is 2.15 bits per heavy atom. The third-order valence-corrected chi connectivity index (χ3v) is 13.1. The number of aryl methyl sites for hydroxylation is 2. The Labute approximate surface area is 320 Å². The lowest BCUT2D eigenvalue weighted by Gasteiger charge is -2.26. The van der Waals surface area contributed by atoms with Crippen LogP contribution in [0, 0.1) is 6.92 Å². The minimum absolute atomic E-state index is 0.00489. The number of amides is 1. The van der Waals surface area contributed by atoms with Gasteiger partial charge in [-0.05, 0) is 74.9 Å². The van der Waals surface area contributed by atoms with Crippen LogP contribution in [0.1, 0.15) is 65.2 Å². The fraction of sp³-hybridized carbons (Fsp3) is 0.364. The maximum Gasteiger partial charge on any atom is 0.380 e. The Balaban J connectivity index is 0.000000234. The van der Waals surface area contributed by atoms with Crippen LogP contribution in [0.15, 0.2) is 58.6 Å². The van der Waals surface area contributed by atoms with Crippen LogP contribution in [0.4, 0.5) is 10.3 Å². The van der Waals surface area contributed by atoms with Crippen LogP contribution in [0.2, 0.25) is 10.0 Å². The number of ketones is 1. The van der Waals surface area contributed by atoms with E-state index in [1.54, 1.807) is 26.0 Å². The maximum atomic E-state index is 12.7. The summed E-state index contributed by atoms with van der Waals surface area (Å²) < 4.78 is 59.5. The number of nitrogens with one attached hydrogen (secondary N) is 2. The number of anilines is 2. The molecule has 0 spiro atoms. The number of ether oxygens (including phenoxy) is 1. The van der Waals surface area contributed by atoms with Gasteiger partial charge >= 0.3 is 5.97 Å². The highest BCUT2D eigenvalue weighted by molar-refractivity contribution is 7.93. The number of piperidine rings is 1. The average molecular weight is 831 g/mol. The zero-order valence-electron chi connectivity index (χ0n) is 28.5. The average Bonchev–Trinajstić information content (AvgIpc) is 3.73. The van der Waals surface area contributed by atoms with E-state index in [9.17, 15) is 31.2 Å². The number of rotatable bonds is 13. The molecule has 0 radical (unpaired) electrons. The summed E-state index contributed by atoms with van der Waals surface area (Å²) in [7, 11) is -7.73. The van der Waals surface area contributed by atoms with Gasteiger partial charge in [-0.25, -0.2) is 31.6 Å². The predicted molar refractivity (Wildman–Crippen MR) is 203 cm³/mol. The lowest BCUT2D eigenvalue weighted by atomic mass is 10.1. The number of nitrogens with zero attached hydrogens (tertiary/aromatic N) is 3. The van der Waals surface area contributed by atoms with Crippen LogP contribution >= 0.6 is 45.9 Å². The van der Waals surface area contributed by atoms with E-state index in [2.05, 4.69) is 24.1 Å². The highest BCUT2D eigenvalue weighted by Crippen LogP contribution is 2.31. The van der Waals surface area contributed by atoms with E-state index >= 15 is 0 Å². The first-order chi connectivity index (χ1) is 24.6. The molecule has 52 heavy (non-hydrogen) atoms. The highest BCUT2D eigenvalue weighted by atomic mass is 35.5. The summed E-state index contributed by atoms with van der Waals surface area (Å²) in [5, 5.41) is 0.612. The molecule has 280 valence electrons. The highest BCUT2D eigenvalue weighted by Gasteiger charge is 2.25. The smallest absolute Gasteiger partial charge is 0.380 e. The van der Waals surface area contributed by atoms with Gasteiger partial charge in [-0.1, -0.05) is 60.0 Å². The second-order valence-electron chi connectivity index (χ2n) is 11.5. The van der Waals surface area contributed by atoms with E-state index in [4.69, 9.17) is 23.2 Å². The van der Waals surface area contributed by atoms with Crippen molar-refractivity contribution in [2.24, 2.45) is 0 Å². The second kappa shape index (κ2) is 18.4. The number of carbonyl (C=O) groups excluding carboxylic acids is 3. The molecule has 4 aromatic rings. The lowest BCUT2D eigenvalue weighted by molar-refractivity contribution is -0.137. The third-order valence-electron chi connectivity index (χ3n) is 7.46. The number of thiazole rings is 2. The summed E-state index contributed by atoms with van der Waals surface area (Å²) >= 11 is 13.9. The van der Waals surface area contributed by atoms with Crippen molar-refractivity contribution >= 4 is 93.8 Å². The number of halogens is 2. The van der Waals surface area contributed by atoms with E-state index in [1.807, 2.05) is 11.8 Å². The van der Waals surface area contributed by atoms with Gasteiger partial charge in [-0.2, -0.15) is 0 Å². The molecule has 1 aliphatic rings. The molecule has 1 amide bonds. The van der Waals surface area contributed by atoms with Gasteiger partial charge in [0.1, 0.15) is 9.77 Å². The molecular formula is C33H37Cl2N5O8S4. The van der Waals surface area contributed by atoms with Crippen molar-refractivity contribution in [3.05, 3.63) is 79.7 Å². The SMILES string of the molecule is CCCc1ccc(S(=O)(=O)Nc2ncc(C(=O)C(=O)OCC)s2)cc1.Cc1cc(Cl)cc(Cl)c1S(=O)(=O)Nc1ncc(CC(=O)N2CCCCC2)s1. The molecule has 0 saturated carbocycles. The van der Waals surface area contributed by atoms with E-state index < -0.39 is 31.8 Å². The molecule has 1 fully saturated rings. The Kier molecular flexibility index (Phi) is 14.6. The van der Waals surface area contributed by atoms with E-state index in [0.29, 0.717) is 15.5 Å². The van der Waals surface area contributed by atoms with Crippen LogP contribution in [0.25, 0.3) is 0 Å². The number of esters is 1. The Bertz CT molecular complexity index is 2090. The number of carbonyl (C=O) groups is 3. The van der Waals surface area contributed by atoms with Crippen molar-refractivity contribution in [3.8, 4) is 0 Å². The van der Waals surface area contributed by atoms with Gasteiger partial charge in [0.25, 0.3) is 25.8 Å². The van der Waals surface area contributed by atoms with Crippen molar-refractivity contribution in [3.63, 3.8) is 0 Å². The third kappa shape index (κ3) is 11.2. The second-order valence-corrected chi connectivity index (χ2v) is 17.8. The van der Waals surface area contributed by atoms with Gasteiger partial charge in [-0.15, -0.1) is 11.3 Å². The zero-order chi connectivity index (χ0) is 38.1. The number of hydrogen-bond donors (Lipinski definition) is 2. The maximum absolute atomic E-state index is 12.7. The molecule has 2 aromatic heterocycles. The molecule has 0 unspecified atom stereocenters. The Morgan fingerprint density at radius 1 is 0.885 bits per heavy atom. The topological polar surface area (TPSA) is 182 Å². The van der Waals surface area contributed by atoms with Gasteiger partial charge in [-0.3, -0.25) is 19.0 Å². The summed E-state index contributed by atoms with van der Waals surface area (Å²) in [4.78, 5) is 46.1. The fourth-order valence-corrected chi connectivity index (χ4v) is 10.3. The summed E-state index contributed by atoms with van der Waals surface area (Å²) in [5.74, 6) is -1.80. The number of aromatic nitrogens is 2. The number of sulfonamides is 2. The van der Waals surface area contributed by atoms with Crippen LogP contribution in [0.3, 0.4) is 0 Å². The molecule has 1 saturated heterocycles. The fourth-order valence-electron chi connectivity index (χ4n) is 5.06. The molecule has 13 nitrogen and oxygen atoms in total. The van der Waals surface area contributed by atoms with Gasteiger partial charge in [0.05, 0.1) is 29.1 Å². The van der Waals surface area contributed by atoms with Gasteiger partial charge in [0, 0.05) is 29.2 Å². The largest absolute Gasteiger partial charge is 0.460 e. The molecule has 3 heterocycles. The summed E-state index contributed by atoms with van der Waals surface area (Å²) in [6.45, 7) is 6.90. The van der Waals surface area contributed by atoms with E-state index in [1.165, 1.54) is 30.5 Å². The molecular weight excluding hydrogens is 794 g/mol. The number of benzene rings is 2. The van der Waals surface area contributed by atoms with Crippen LogP contribution < -0.4 is 9.44 Å². The number of likely N-dealkylation sites (tertiary alicyclic amines) is 1. The van der Waals surface area contributed by atoms with Gasteiger partial charge < -0.3 is 9.64 Å². The summed E-state index contributed by atoms with van der Waals surface area (Å²) in [5.41, 5.74) is 1.50. The minimum atomic E-state index is -3.92. The molecule has 2 N–H and O–H groups in total. The summed E-state index contributed by atoms with van der Waals surface area (Å²) in [6.07, 6.45) is 7.96. The normalized spacial score (nSPS) is 13.1. The zero-order valence-corrected chi connectivity index (χ0v) is 33.3. The van der Waals surface area contributed by atoms with Gasteiger partial charge in [0.15, 0.2) is 10.3 Å².